The van der Waals surface area contributed by atoms with E-state index >= 15 is 4.39 Å². The molecule has 1 unspecified atom stereocenters. The van der Waals surface area contributed by atoms with Crippen LogP contribution in [0.3, 0.4) is 0 Å². The molecule has 172 valence electrons. The molecule has 0 fully saturated rings. The first-order valence-electron chi connectivity index (χ1n) is 10.3. The van der Waals surface area contributed by atoms with Gasteiger partial charge < -0.3 is 20.8 Å². The summed E-state index contributed by atoms with van der Waals surface area (Å²) in [6.07, 6.45) is 0.911. The fourth-order valence-corrected chi connectivity index (χ4v) is 3.52. The molecule has 1 atom stereocenters. The fourth-order valence-electron chi connectivity index (χ4n) is 3.52. The maximum Gasteiger partial charge on any atom is 0.236 e. The van der Waals surface area contributed by atoms with E-state index in [0.29, 0.717) is 11.5 Å². The van der Waals surface area contributed by atoms with Gasteiger partial charge in [-0.3, -0.25) is 5.10 Å². The highest BCUT2D eigenvalue weighted by Gasteiger charge is 2.21. The largest absolute Gasteiger partial charge is 0.435 e. The number of nitrogens with one attached hydrogen (secondary N) is 3. The smallest absolute Gasteiger partial charge is 0.236 e. The summed E-state index contributed by atoms with van der Waals surface area (Å²) in [7, 11) is 0. The standard InChI is InChI=1S/C24H21F2N7O/c1-13-8-16-22(26)20(9-18(25)23(16)30-13)34-24(29-12-28)17(11-27)14(2)31-21-10-19(32-33-21)15-6-4-3-5-7-15/h3-10,12,14,30H,1-2H3,(H2,28,29)(H2,31,32,33)/b24-17+. The molecule has 0 radical (unpaired) electrons. The van der Waals surface area contributed by atoms with Gasteiger partial charge in [0.05, 0.1) is 23.6 Å². The zero-order valence-corrected chi connectivity index (χ0v) is 18.4. The average molecular weight is 461 g/mol. The number of halogens is 2. The summed E-state index contributed by atoms with van der Waals surface area (Å²) in [6.45, 7) is 3.36. The molecule has 2 aromatic carbocycles. The van der Waals surface area contributed by atoms with Gasteiger partial charge in [0.25, 0.3) is 0 Å². The molecular formula is C24H21F2N7O. The van der Waals surface area contributed by atoms with Crippen LogP contribution >= 0.6 is 0 Å². The number of aliphatic imine (C=N–C) groups is 1. The number of hydrogen-bond donors (Lipinski definition) is 4. The topological polar surface area (TPSA) is 128 Å². The number of hydrogen-bond acceptors (Lipinski definition) is 5. The third-order valence-corrected chi connectivity index (χ3v) is 5.11. The minimum atomic E-state index is -0.789. The molecule has 34 heavy (non-hydrogen) atoms. The van der Waals surface area contributed by atoms with Gasteiger partial charge in [-0.25, -0.2) is 13.8 Å². The average Bonchev–Trinajstić information content (AvgIpc) is 3.45. The zero-order valence-electron chi connectivity index (χ0n) is 18.4. The summed E-state index contributed by atoms with van der Waals surface area (Å²) in [5.41, 5.74) is 7.78. The summed E-state index contributed by atoms with van der Waals surface area (Å²) in [5.74, 6) is -1.71. The van der Waals surface area contributed by atoms with Crippen LogP contribution in [0.2, 0.25) is 0 Å². The molecule has 0 aliphatic carbocycles. The summed E-state index contributed by atoms with van der Waals surface area (Å²) in [4.78, 5) is 6.65. The van der Waals surface area contributed by atoms with Crippen molar-refractivity contribution in [2.75, 3.05) is 5.32 Å². The molecule has 0 spiro atoms. The Morgan fingerprint density at radius 3 is 2.74 bits per heavy atom. The Labute approximate surface area is 193 Å². The number of aromatic nitrogens is 3. The van der Waals surface area contributed by atoms with Crippen molar-refractivity contribution in [2.24, 2.45) is 10.7 Å². The van der Waals surface area contributed by atoms with Gasteiger partial charge in [0, 0.05) is 23.2 Å². The van der Waals surface area contributed by atoms with Crippen molar-refractivity contribution >= 4 is 23.1 Å². The van der Waals surface area contributed by atoms with Crippen molar-refractivity contribution in [3.8, 4) is 23.1 Å². The number of anilines is 1. The molecular weight excluding hydrogens is 440 g/mol. The lowest BCUT2D eigenvalue weighted by molar-refractivity contribution is 0.386. The van der Waals surface area contributed by atoms with E-state index in [1.807, 2.05) is 36.4 Å². The molecule has 0 aliphatic heterocycles. The van der Waals surface area contributed by atoms with Gasteiger partial charge in [0.2, 0.25) is 5.88 Å². The van der Waals surface area contributed by atoms with Crippen LogP contribution < -0.4 is 15.8 Å². The molecule has 0 aliphatic rings. The highest BCUT2D eigenvalue weighted by atomic mass is 19.1. The van der Waals surface area contributed by atoms with Gasteiger partial charge >= 0.3 is 0 Å². The molecule has 10 heteroatoms. The molecule has 0 amide bonds. The number of H-pyrrole nitrogens is 2. The Hall–Kier alpha value is -4.65. The Bertz CT molecular complexity index is 1430. The zero-order chi connectivity index (χ0) is 24.2. The Kier molecular flexibility index (Phi) is 6.27. The van der Waals surface area contributed by atoms with Gasteiger partial charge in [-0.1, -0.05) is 30.3 Å². The lowest BCUT2D eigenvalue weighted by Gasteiger charge is -2.15. The van der Waals surface area contributed by atoms with E-state index in [4.69, 9.17) is 10.5 Å². The van der Waals surface area contributed by atoms with Gasteiger partial charge in [0.15, 0.2) is 17.4 Å². The number of benzene rings is 2. The van der Waals surface area contributed by atoms with Crippen LogP contribution in [-0.2, 0) is 0 Å². The fraction of sp³-hybridized carbons (Fsp3) is 0.125. The highest BCUT2D eigenvalue weighted by Crippen LogP contribution is 2.31. The van der Waals surface area contributed by atoms with Crippen LogP contribution in [0.1, 0.15) is 12.6 Å². The maximum absolute atomic E-state index is 15.0. The van der Waals surface area contributed by atoms with E-state index in [-0.39, 0.29) is 22.4 Å². The molecule has 0 bridgehead atoms. The monoisotopic (exact) mass is 461 g/mol. The molecule has 2 aromatic heterocycles. The second-order valence-electron chi connectivity index (χ2n) is 7.52. The number of nitriles is 1. The quantitative estimate of drug-likeness (QED) is 0.137. The van der Waals surface area contributed by atoms with Crippen molar-refractivity contribution in [2.45, 2.75) is 19.9 Å². The summed E-state index contributed by atoms with van der Waals surface area (Å²) >= 11 is 0. The second kappa shape index (κ2) is 9.46. The van der Waals surface area contributed by atoms with Crippen molar-refractivity contribution in [1.29, 1.82) is 5.26 Å². The van der Waals surface area contributed by atoms with Gasteiger partial charge in [0.1, 0.15) is 17.5 Å². The number of ether oxygens (including phenoxy) is 1. The molecule has 0 saturated heterocycles. The van der Waals surface area contributed by atoms with Gasteiger partial charge in [-0.2, -0.15) is 10.4 Å². The van der Waals surface area contributed by atoms with Crippen molar-refractivity contribution in [3.63, 3.8) is 0 Å². The first-order chi connectivity index (χ1) is 16.4. The van der Waals surface area contributed by atoms with E-state index in [1.165, 1.54) is 6.07 Å². The summed E-state index contributed by atoms with van der Waals surface area (Å²) < 4.78 is 35.1. The van der Waals surface area contributed by atoms with Crippen LogP contribution in [0.5, 0.6) is 5.75 Å². The van der Waals surface area contributed by atoms with E-state index in [0.717, 1.165) is 23.7 Å². The van der Waals surface area contributed by atoms with Crippen LogP contribution in [-0.4, -0.2) is 27.6 Å². The van der Waals surface area contributed by atoms with Crippen LogP contribution in [0.25, 0.3) is 22.2 Å². The molecule has 5 N–H and O–H groups in total. The number of aromatic amines is 2. The number of nitrogens with two attached hydrogens (primary N) is 1. The van der Waals surface area contributed by atoms with E-state index in [1.54, 1.807) is 19.9 Å². The van der Waals surface area contributed by atoms with Crippen molar-refractivity contribution < 1.29 is 13.5 Å². The lowest BCUT2D eigenvalue weighted by Crippen LogP contribution is -2.20. The van der Waals surface area contributed by atoms with Gasteiger partial charge in [-0.05, 0) is 25.5 Å². The number of fused-ring (bicyclic) bond motifs is 1. The molecule has 8 nitrogen and oxygen atoms in total. The molecule has 4 rings (SSSR count). The molecule has 0 saturated carbocycles. The third-order valence-electron chi connectivity index (χ3n) is 5.11. The number of nitrogens with zero attached hydrogens (tertiary/aromatic N) is 3. The minimum Gasteiger partial charge on any atom is -0.435 e. The highest BCUT2D eigenvalue weighted by molar-refractivity contribution is 5.83. The Morgan fingerprint density at radius 1 is 1.26 bits per heavy atom. The minimum absolute atomic E-state index is 0.0103. The predicted molar refractivity (Wildman–Crippen MR) is 126 cm³/mol. The van der Waals surface area contributed by atoms with Crippen molar-refractivity contribution in [3.05, 3.63) is 77.3 Å². The molecule has 4 aromatic rings. The van der Waals surface area contributed by atoms with E-state index in [9.17, 15) is 9.65 Å². The Morgan fingerprint density at radius 2 is 2.03 bits per heavy atom. The lowest BCUT2D eigenvalue weighted by atomic mass is 10.1. The van der Waals surface area contributed by atoms with E-state index in [2.05, 4.69) is 25.5 Å². The van der Waals surface area contributed by atoms with Crippen LogP contribution in [0.4, 0.5) is 14.6 Å². The SMILES string of the molecule is Cc1cc2c(F)c(O/C(N=CN)=C(\C#N)C(C)Nc3cc(-c4ccccc4)[nH]n3)cc(F)c2[nH]1. The Balaban J connectivity index is 1.64. The number of rotatable bonds is 7. The number of aryl methyl sites for hydroxylation is 1. The summed E-state index contributed by atoms with van der Waals surface area (Å²) in [5, 5.41) is 20.0. The van der Waals surface area contributed by atoms with Gasteiger partial charge in [-0.15, -0.1) is 0 Å². The normalized spacial score (nSPS) is 13.0. The summed E-state index contributed by atoms with van der Waals surface area (Å²) in [6, 6.07) is 15.1. The predicted octanol–water partition coefficient (Wildman–Crippen LogP) is 4.75. The third kappa shape index (κ3) is 4.45. The second-order valence-corrected chi connectivity index (χ2v) is 7.52. The van der Waals surface area contributed by atoms with Crippen LogP contribution in [0, 0.1) is 29.9 Å². The van der Waals surface area contributed by atoms with E-state index < -0.39 is 23.4 Å². The van der Waals surface area contributed by atoms with Crippen LogP contribution in [0.15, 0.2) is 65.0 Å². The molecule has 2 heterocycles. The first-order valence-corrected chi connectivity index (χ1v) is 10.3. The first kappa shape index (κ1) is 22.5. The maximum atomic E-state index is 15.0. The van der Waals surface area contributed by atoms with Crippen molar-refractivity contribution in [1.82, 2.24) is 15.2 Å².